The van der Waals surface area contributed by atoms with Crippen molar-refractivity contribution in [3.63, 3.8) is 0 Å². The highest BCUT2D eigenvalue weighted by Crippen LogP contribution is 2.34. The van der Waals surface area contributed by atoms with Gasteiger partial charge in [-0.2, -0.15) is 11.8 Å². The summed E-state index contributed by atoms with van der Waals surface area (Å²) in [5.41, 5.74) is 2.04. The molecule has 0 aliphatic heterocycles. The largest absolute Gasteiger partial charge is 0.493 e. The average molecular weight is 431 g/mol. The van der Waals surface area contributed by atoms with Crippen molar-refractivity contribution in [2.75, 3.05) is 40.7 Å². The van der Waals surface area contributed by atoms with Crippen LogP contribution >= 0.6 is 11.8 Å². The number of nitrogens with zero attached hydrogens (tertiary/aromatic N) is 2. The number of methoxy groups -OCH3 is 3. The number of carbonyl (C=O) groups is 1. The van der Waals surface area contributed by atoms with E-state index in [1.54, 1.807) is 27.4 Å². The Bertz CT molecular complexity index is 861. The summed E-state index contributed by atoms with van der Waals surface area (Å²) in [6.45, 7) is 1.08. The maximum atomic E-state index is 13.5. The standard InChI is InChI=1S/C23H30N2O4S/c1-27-14-13-25(19-9-6-10-22(19)30-4)23(26)18-8-5-7-17(24-18)16-11-12-20(28-2)21(15-16)29-3/h5,7-8,11-12,15,19,22H,6,9-10,13-14H2,1-4H3/t19-,22-/m1/s1. The zero-order valence-corrected chi connectivity index (χ0v) is 18.9. The molecule has 0 bridgehead atoms. The second kappa shape index (κ2) is 10.7. The molecule has 6 nitrogen and oxygen atoms in total. The van der Waals surface area contributed by atoms with E-state index in [0.717, 1.165) is 30.5 Å². The Morgan fingerprint density at radius 3 is 2.63 bits per heavy atom. The lowest BCUT2D eigenvalue weighted by Gasteiger charge is -2.32. The maximum absolute atomic E-state index is 13.5. The molecule has 7 heteroatoms. The van der Waals surface area contributed by atoms with Gasteiger partial charge < -0.3 is 19.1 Å². The average Bonchev–Trinajstić information content (AvgIpc) is 3.27. The van der Waals surface area contributed by atoms with Gasteiger partial charge >= 0.3 is 0 Å². The number of amides is 1. The van der Waals surface area contributed by atoms with Gasteiger partial charge in [0.15, 0.2) is 11.5 Å². The molecule has 2 atom stereocenters. The fraction of sp³-hybridized carbons (Fsp3) is 0.478. The number of carbonyl (C=O) groups excluding carboxylic acids is 1. The Labute approximate surface area is 182 Å². The van der Waals surface area contributed by atoms with E-state index in [9.17, 15) is 4.79 Å². The molecule has 1 aromatic heterocycles. The van der Waals surface area contributed by atoms with Crippen molar-refractivity contribution in [2.24, 2.45) is 0 Å². The van der Waals surface area contributed by atoms with Gasteiger partial charge in [-0.3, -0.25) is 4.79 Å². The lowest BCUT2D eigenvalue weighted by molar-refractivity contribution is 0.0605. The van der Waals surface area contributed by atoms with Crippen LogP contribution < -0.4 is 9.47 Å². The second-order valence-electron chi connectivity index (χ2n) is 7.24. The molecule has 0 N–H and O–H groups in total. The summed E-state index contributed by atoms with van der Waals surface area (Å²) >= 11 is 1.84. The molecular formula is C23H30N2O4S. The first-order valence-electron chi connectivity index (χ1n) is 10.1. The van der Waals surface area contributed by atoms with Crippen LogP contribution in [0.4, 0.5) is 0 Å². The van der Waals surface area contributed by atoms with Gasteiger partial charge in [-0.15, -0.1) is 0 Å². The molecule has 1 aromatic carbocycles. The number of hydrogen-bond acceptors (Lipinski definition) is 6. The third-order valence-corrected chi connectivity index (χ3v) is 6.72. The molecule has 1 heterocycles. The first-order chi connectivity index (χ1) is 14.6. The number of benzene rings is 1. The number of rotatable bonds is 9. The van der Waals surface area contributed by atoms with Crippen LogP contribution in [0.3, 0.4) is 0 Å². The van der Waals surface area contributed by atoms with E-state index in [2.05, 4.69) is 11.2 Å². The summed E-state index contributed by atoms with van der Waals surface area (Å²) in [5, 5.41) is 0.458. The lowest BCUT2D eigenvalue weighted by Crippen LogP contribution is -2.45. The highest BCUT2D eigenvalue weighted by Gasteiger charge is 2.35. The van der Waals surface area contributed by atoms with Crippen molar-refractivity contribution in [1.29, 1.82) is 0 Å². The first kappa shape index (κ1) is 22.4. The van der Waals surface area contributed by atoms with Gasteiger partial charge in [-0.25, -0.2) is 4.98 Å². The summed E-state index contributed by atoms with van der Waals surface area (Å²) in [6, 6.07) is 11.4. The third-order valence-electron chi connectivity index (χ3n) is 5.57. The molecule has 1 aliphatic carbocycles. The molecule has 0 spiro atoms. The Hall–Kier alpha value is -2.25. The van der Waals surface area contributed by atoms with E-state index >= 15 is 0 Å². The fourth-order valence-electron chi connectivity index (χ4n) is 4.00. The van der Waals surface area contributed by atoms with Crippen molar-refractivity contribution in [3.05, 3.63) is 42.1 Å². The van der Waals surface area contributed by atoms with Crippen LogP contribution in [0.5, 0.6) is 11.5 Å². The van der Waals surface area contributed by atoms with E-state index in [4.69, 9.17) is 14.2 Å². The molecule has 1 amide bonds. The Kier molecular flexibility index (Phi) is 7.99. The van der Waals surface area contributed by atoms with Gasteiger partial charge in [-0.1, -0.05) is 12.5 Å². The van der Waals surface area contributed by atoms with Crippen LogP contribution in [-0.2, 0) is 4.74 Å². The molecule has 2 aromatic rings. The van der Waals surface area contributed by atoms with Crippen LogP contribution in [0.1, 0.15) is 29.8 Å². The van der Waals surface area contributed by atoms with Gasteiger partial charge in [0.05, 0.1) is 26.5 Å². The molecule has 0 saturated heterocycles. The van der Waals surface area contributed by atoms with Gasteiger partial charge in [0.2, 0.25) is 0 Å². The molecule has 1 fully saturated rings. The van der Waals surface area contributed by atoms with E-state index in [1.165, 1.54) is 0 Å². The van der Waals surface area contributed by atoms with Crippen LogP contribution in [0.2, 0.25) is 0 Å². The van der Waals surface area contributed by atoms with Gasteiger partial charge in [-0.05, 0) is 49.4 Å². The van der Waals surface area contributed by atoms with Gasteiger partial charge in [0.1, 0.15) is 5.69 Å². The summed E-state index contributed by atoms with van der Waals surface area (Å²) in [4.78, 5) is 20.1. The van der Waals surface area contributed by atoms with Crippen LogP contribution in [0.25, 0.3) is 11.3 Å². The van der Waals surface area contributed by atoms with Crippen molar-refractivity contribution in [2.45, 2.75) is 30.6 Å². The Morgan fingerprint density at radius 2 is 1.93 bits per heavy atom. The molecule has 0 unspecified atom stereocenters. The molecule has 0 radical (unpaired) electrons. The second-order valence-corrected chi connectivity index (χ2v) is 8.32. The fourth-order valence-corrected chi connectivity index (χ4v) is 5.00. The van der Waals surface area contributed by atoms with Crippen LogP contribution in [0.15, 0.2) is 36.4 Å². The SMILES string of the molecule is COCCN(C(=O)c1cccc(-c2ccc(OC)c(OC)c2)n1)[C@@H]1CCC[C@H]1SC. The van der Waals surface area contributed by atoms with Crippen molar-refractivity contribution in [1.82, 2.24) is 9.88 Å². The lowest BCUT2D eigenvalue weighted by atomic mass is 10.1. The van der Waals surface area contributed by atoms with Crippen LogP contribution in [0, 0.1) is 0 Å². The minimum absolute atomic E-state index is 0.0414. The molecule has 162 valence electrons. The maximum Gasteiger partial charge on any atom is 0.272 e. The Balaban J connectivity index is 1.90. The number of hydrogen-bond donors (Lipinski definition) is 0. The minimum Gasteiger partial charge on any atom is -0.493 e. The van der Waals surface area contributed by atoms with Crippen molar-refractivity contribution >= 4 is 17.7 Å². The van der Waals surface area contributed by atoms with Crippen molar-refractivity contribution < 1.29 is 19.0 Å². The highest BCUT2D eigenvalue weighted by molar-refractivity contribution is 7.99. The smallest absolute Gasteiger partial charge is 0.272 e. The molecule has 1 saturated carbocycles. The quantitative estimate of drug-likeness (QED) is 0.596. The number of aromatic nitrogens is 1. The zero-order valence-electron chi connectivity index (χ0n) is 18.1. The summed E-state index contributed by atoms with van der Waals surface area (Å²) in [5.74, 6) is 1.24. The van der Waals surface area contributed by atoms with Gasteiger partial charge in [0, 0.05) is 30.5 Å². The topological polar surface area (TPSA) is 60.9 Å². The highest BCUT2D eigenvalue weighted by atomic mass is 32.2. The van der Waals surface area contributed by atoms with Crippen LogP contribution in [-0.4, -0.2) is 67.8 Å². The molecule has 3 rings (SSSR count). The predicted octanol–water partition coefficient (Wildman–Crippen LogP) is 4.14. The zero-order chi connectivity index (χ0) is 21.5. The minimum atomic E-state index is -0.0414. The predicted molar refractivity (Wildman–Crippen MR) is 121 cm³/mol. The third kappa shape index (κ3) is 4.90. The number of ether oxygens (including phenoxy) is 3. The van der Waals surface area contributed by atoms with Crippen molar-refractivity contribution in [3.8, 4) is 22.8 Å². The molecular weight excluding hydrogens is 400 g/mol. The van der Waals surface area contributed by atoms with E-state index < -0.39 is 0 Å². The summed E-state index contributed by atoms with van der Waals surface area (Å²) < 4.78 is 16.0. The first-order valence-corrected chi connectivity index (χ1v) is 11.4. The summed E-state index contributed by atoms with van der Waals surface area (Å²) in [6.07, 6.45) is 5.43. The molecule has 1 aliphatic rings. The normalized spacial score (nSPS) is 18.3. The van der Waals surface area contributed by atoms with Gasteiger partial charge in [0.25, 0.3) is 5.91 Å². The number of thioether (sulfide) groups is 1. The summed E-state index contributed by atoms with van der Waals surface area (Å²) in [7, 11) is 4.88. The van der Waals surface area contributed by atoms with E-state index in [-0.39, 0.29) is 11.9 Å². The number of pyridine rings is 1. The van der Waals surface area contributed by atoms with E-state index in [1.807, 2.05) is 47.0 Å². The Morgan fingerprint density at radius 1 is 1.13 bits per heavy atom. The molecule has 30 heavy (non-hydrogen) atoms. The van der Waals surface area contributed by atoms with E-state index in [0.29, 0.717) is 35.6 Å². The monoisotopic (exact) mass is 430 g/mol.